The van der Waals surface area contributed by atoms with E-state index in [0.29, 0.717) is 18.6 Å². The summed E-state index contributed by atoms with van der Waals surface area (Å²) in [7, 11) is 0. The lowest BCUT2D eigenvalue weighted by Crippen LogP contribution is -2.36. The first-order chi connectivity index (χ1) is 8.72. The number of hydrogen-bond donors (Lipinski definition) is 2. The van der Waals surface area contributed by atoms with E-state index in [9.17, 15) is 4.79 Å². The largest absolute Gasteiger partial charge is 0.352 e. The summed E-state index contributed by atoms with van der Waals surface area (Å²) in [6, 6.07) is 7.19. The third-order valence-electron chi connectivity index (χ3n) is 3.63. The number of carbonyl (C=O) groups is 1. The fourth-order valence-electron chi connectivity index (χ4n) is 2.52. The van der Waals surface area contributed by atoms with Crippen molar-refractivity contribution in [2.24, 2.45) is 0 Å². The molecule has 0 heterocycles. The zero-order chi connectivity index (χ0) is 12.5. The van der Waals surface area contributed by atoms with Crippen molar-refractivity contribution in [3.05, 3.63) is 33.8 Å². The van der Waals surface area contributed by atoms with Crippen LogP contribution in [0.5, 0.6) is 0 Å². The fraction of sp³-hybridized carbons (Fsp3) is 0.500. The second kappa shape index (κ2) is 5.02. The maximum Gasteiger partial charge on any atom is 0.234 e. The smallest absolute Gasteiger partial charge is 0.234 e. The van der Waals surface area contributed by atoms with Gasteiger partial charge in [-0.3, -0.25) is 4.79 Å². The van der Waals surface area contributed by atoms with Crippen LogP contribution in [0.4, 0.5) is 0 Å². The van der Waals surface area contributed by atoms with Gasteiger partial charge in [0.2, 0.25) is 5.91 Å². The molecule has 0 saturated heterocycles. The number of nitrogens with one attached hydrogen (secondary N) is 2. The van der Waals surface area contributed by atoms with Crippen molar-refractivity contribution in [2.75, 3.05) is 6.54 Å². The van der Waals surface area contributed by atoms with Gasteiger partial charge in [-0.05, 0) is 48.9 Å². The Hall–Kier alpha value is -0.870. The van der Waals surface area contributed by atoms with Crippen LogP contribution < -0.4 is 10.6 Å². The molecular formula is C14H17BrN2O. The average Bonchev–Trinajstić information content (AvgIpc) is 3.06. The SMILES string of the molecule is O=C(CNC1CCc2cc(Br)ccc21)NC1CC1. The van der Waals surface area contributed by atoms with Gasteiger partial charge in [0.1, 0.15) is 0 Å². The lowest BCUT2D eigenvalue weighted by atomic mass is 10.1. The van der Waals surface area contributed by atoms with Crippen molar-refractivity contribution >= 4 is 21.8 Å². The molecular weight excluding hydrogens is 292 g/mol. The predicted molar refractivity (Wildman–Crippen MR) is 74.4 cm³/mol. The minimum absolute atomic E-state index is 0.128. The van der Waals surface area contributed by atoms with Gasteiger partial charge in [-0.2, -0.15) is 0 Å². The van der Waals surface area contributed by atoms with Crippen molar-refractivity contribution < 1.29 is 4.79 Å². The Morgan fingerprint density at radius 1 is 1.33 bits per heavy atom. The number of rotatable bonds is 4. The average molecular weight is 309 g/mol. The van der Waals surface area contributed by atoms with Gasteiger partial charge in [-0.1, -0.05) is 22.0 Å². The van der Waals surface area contributed by atoms with Gasteiger partial charge in [0.15, 0.2) is 0 Å². The molecule has 18 heavy (non-hydrogen) atoms. The first-order valence-corrected chi connectivity index (χ1v) is 7.33. The Balaban J connectivity index is 1.57. The van der Waals surface area contributed by atoms with Gasteiger partial charge in [0, 0.05) is 16.6 Å². The Morgan fingerprint density at radius 2 is 2.17 bits per heavy atom. The highest BCUT2D eigenvalue weighted by Crippen LogP contribution is 2.32. The molecule has 2 N–H and O–H groups in total. The number of carbonyl (C=O) groups excluding carboxylic acids is 1. The standard InChI is InChI=1S/C14H17BrN2O/c15-10-2-5-12-9(7-10)1-6-13(12)16-8-14(18)17-11-3-4-11/h2,5,7,11,13,16H,1,3-4,6,8H2,(H,17,18). The molecule has 1 amide bonds. The monoisotopic (exact) mass is 308 g/mol. The summed E-state index contributed by atoms with van der Waals surface area (Å²) in [5.41, 5.74) is 2.74. The van der Waals surface area contributed by atoms with Crippen molar-refractivity contribution in [1.29, 1.82) is 0 Å². The summed E-state index contributed by atoms with van der Waals surface area (Å²) in [5.74, 6) is 0.128. The molecule has 2 aliphatic rings. The van der Waals surface area contributed by atoms with Crippen LogP contribution in [-0.4, -0.2) is 18.5 Å². The van der Waals surface area contributed by atoms with Crippen molar-refractivity contribution in [2.45, 2.75) is 37.8 Å². The van der Waals surface area contributed by atoms with Crippen LogP contribution in [0.2, 0.25) is 0 Å². The molecule has 1 saturated carbocycles. The van der Waals surface area contributed by atoms with Crippen LogP contribution in [0.15, 0.2) is 22.7 Å². The molecule has 0 spiro atoms. The van der Waals surface area contributed by atoms with Gasteiger partial charge in [-0.15, -0.1) is 0 Å². The summed E-state index contributed by atoms with van der Waals surface area (Å²) in [6.07, 6.45) is 4.47. The Morgan fingerprint density at radius 3 is 2.94 bits per heavy atom. The molecule has 0 aromatic heterocycles. The fourth-order valence-corrected chi connectivity index (χ4v) is 2.93. The van der Waals surface area contributed by atoms with Crippen LogP contribution in [0, 0.1) is 0 Å². The van der Waals surface area contributed by atoms with Gasteiger partial charge >= 0.3 is 0 Å². The first kappa shape index (κ1) is 12.2. The van der Waals surface area contributed by atoms with Crippen molar-refractivity contribution in [3.8, 4) is 0 Å². The van der Waals surface area contributed by atoms with Crippen molar-refractivity contribution in [3.63, 3.8) is 0 Å². The number of aryl methyl sites for hydroxylation is 1. The van der Waals surface area contributed by atoms with Crippen LogP contribution in [0.3, 0.4) is 0 Å². The zero-order valence-corrected chi connectivity index (χ0v) is 11.8. The summed E-state index contributed by atoms with van der Waals surface area (Å²) < 4.78 is 1.13. The molecule has 1 unspecified atom stereocenters. The van der Waals surface area contributed by atoms with E-state index in [-0.39, 0.29) is 5.91 Å². The molecule has 0 aliphatic heterocycles. The Labute approximate surface area is 115 Å². The minimum atomic E-state index is 0.128. The highest BCUT2D eigenvalue weighted by Gasteiger charge is 2.25. The van der Waals surface area contributed by atoms with E-state index in [0.717, 1.165) is 30.2 Å². The third-order valence-corrected chi connectivity index (χ3v) is 4.13. The number of halogens is 1. The van der Waals surface area contributed by atoms with E-state index in [1.165, 1.54) is 11.1 Å². The molecule has 1 aromatic rings. The maximum atomic E-state index is 11.6. The summed E-state index contributed by atoms with van der Waals surface area (Å²) >= 11 is 3.50. The van der Waals surface area contributed by atoms with Crippen molar-refractivity contribution in [1.82, 2.24) is 10.6 Å². The topological polar surface area (TPSA) is 41.1 Å². The third kappa shape index (κ3) is 2.75. The van der Waals surface area contributed by atoms with E-state index < -0.39 is 0 Å². The number of hydrogen-bond acceptors (Lipinski definition) is 2. The molecule has 2 aliphatic carbocycles. The summed E-state index contributed by atoms with van der Waals surface area (Å²) in [6.45, 7) is 0.427. The molecule has 1 atom stereocenters. The molecule has 96 valence electrons. The van der Waals surface area contributed by atoms with Gasteiger partial charge in [0.25, 0.3) is 0 Å². The van der Waals surface area contributed by atoms with E-state index in [4.69, 9.17) is 0 Å². The van der Waals surface area contributed by atoms with E-state index >= 15 is 0 Å². The minimum Gasteiger partial charge on any atom is -0.352 e. The highest BCUT2D eigenvalue weighted by atomic mass is 79.9. The molecule has 1 aromatic carbocycles. The van der Waals surface area contributed by atoms with Crippen LogP contribution in [-0.2, 0) is 11.2 Å². The molecule has 1 fully saturated rings. The quantitative estimate of drug-likeness (QED) is 0.896. The van der Waals surface area contributed by atoms with Crippen LogP contribution >= 0.6 is 15.9 Å². The lowest BCUT2D eigenvalue weighted by Gasteiger charge is -2.14. The van der Waals surface area contributed by atoms with E-state index in [1.807, 2.05) is 0 Å². The molecule has 0 radical (unpaired) electrons. The van der Waals surface area contributed by atoms with Gasteiger partial charge in [-0.25, -0.2) is 0 Å². The van der Waals surface area contributed by atoms with Crippen LogP contribution in [0.1, 0.15) is 36.4 Å². The normalized spacial score (nSPS) is 21.7. The maximum absolute atomic E-state index is 11.6. The van der Waals surface area contributed by atoms with Gasteiger partial charge in [0.05, 0.1) is 6.54 Å². The van der Waals surface area contributed by atoms with Crippen LogP contribution in [0.25, 0.3) is 0 Å². The summed E-state index contributed by atoms with van der Waals surface area (Å²) in [5, 5.41) is 6.36. The van der Waals surface area contributed by atoms with E-state index in [1.54, 1.807) is 0 Å². The Bertz CT molecular complexity index is 471. The lowest BCUT2D eigenvalue weighted by molar-refractivity contribution is -0.120. The molecule has 3 rings (SSSR count). The van der Waals surface area contributed by atoms with E-state index in [2.05, 4.69) is 44.8 Å². The second-order valence-electron chi connectivity index (χ2n) is 5.16. The number of fused-ring (bicyclic) bond motifs is 1. The second-order valence-corrected chi connectivity index (χ2v) is 6.07. The number of benzene rings is 1. The Kier molecular flexibility index (Phi) is 3.39. The zero-order valence-electron chi connectivity index (χ0n) is 10.2. The highest BCUT2D eigenvalue weighted by molar-refractivity contribution is 9.10. The molecule has 3 nitrogen and oxygen atoms in total. The molecule has 0 bridgehead atoms. The molecule has 4 heteroatoms. The first-order valence-electron chi connectivity index (χ1n) is 6.53. The summed E-state index contributed by atoms with van der Waals surface area (Å²) in [4.78, 5) is 11.6. The predicted octanol–water partition coefficient (Wildman–Crippen LogP) is 2.30. The van der Waals surface area contributed by atoms with Gasteiger partial charge < -0.3 is 10.6 Å². The number of amides is 1.